The number of carbonyl (C=O) groups is 1. The number of nitrogens with zero attached hydrogens (tertiary/aromatic N) is 1. The molecule has 0 saturated carbocycles. The molecule has 0 aliphatic rings. The average molecular weight is 223 g/mol. The summed E-state index contributed by atoms with van der Waals surface area (Å²) >= 11 is 0.939. The second-order valence-electron chi connectivity index (χ2n) is 2.82. The number of benzene rings is 1. The summed E-state index contributed by atoms with van der Waals surface area (Å²) in [6, 6.07) is 3.06. The van der Waals surface area contributed by atoms with E-state index in [1.54, 1.807) is 13.0 Å². The number of nitriles is 1. The highest BCUT2D eigenvalue weighted by Crippen LogP contribution is 2.29. The monoisotopic (exact) mass is 223 g/mol. The lowest BCUT2D eigenvalue weighted by Gasteiger charge is -2.08. The van der Waals surface area contributed by atoms with Gasteiger partial charge in [0.15, 0.2) is 0 Å². The first-order chi connectivity index (χ1) is 7.10. The Labute approximate surface area is 91.5 Å². The van der Waals surface area contributed by atoms with E-state index in [0.717, 1.165) is 17.3 Å². The molecule has 1 N–H and O–H groups in total. The van der Waals surface area contributed by atoms with Crippen molar-refractivity contribution < 1.29 is 14.6 Å². The second kappa shape index (κ2) is 4.71. The van der Waals surface area contributed by atoms with E-state index < -0.39 is 5.97 Å². The van der Waals surface area contributed by atoms with Gasteiger partial charge in [-0.3, -0.25) is 0 Å². The number of rotatable bonds is 3. The molecule has 0 aromatic heterocycles. The Bertz CT molecular complexity index is 437. The summed E-state index contributed by atoms with van der Waals surface area (Å²) in [6.07, 6.45) is 0. The van der Waals surface area contributed by atoms with Crippen LogP contribution in [0.1, 0.15) is 15.9 Å². The number of thioether (sulfide) groups is 1. The van der Waals surface area contributed by atoms with Gasteiger partial charge >= 0.3 is 5.97 Å². The van der Waals surface area contributed by atoms with Crippen LogP contribution in [-0.2, 0) is 0 Å². The molecule has 78 valence electrons. The maximum atomic E-state index is 10.9. The SMILES string of the molecule is COc1cc(C)c(SC#N)cc1C(=O)O. The number of methoxy groups -OCH3 is 1. The molecule has 0 aliphatic carbocycles. The van der Waals surface area contributed by atoms with E-state index in [2.05, 4.69) is 0 Å². The Kier molecular flexibility index (Phi) is 3.58. The molecule has 1 aromatic rings. The lowest BCUT2D eigenvalue weighted by Crippen LogP contribution is -2.01. The largest absolute Gasteiger partial charge is 0.496 e. The predicted molar refractivity (Wildman–Crippen MR) is 56.2 cm³/mol. The third kappa shape index (κ3) is 2.42. The van der Waals surface area contributed by atoms with Crippen molar-refractivity contribution in [3.8, 4) is 11.2 Å². The zero-order valence-corrected chi connectivity index (χ0v) is 9.09. The van der Waals surface area contributed by atoms with Crippen molar-refractivity contribution in [1.82, 2.24) is 0 Å². The van der Waals surface area contributed by atoms with Crippen LogP contribution in [0.15, 0.2) is 17.0 Å². The number of carboxylic acids is 1. The molecular formula is C10H9NO3S. The van der Waals surface area contributed by atoms with E-state index >= 15 is 0 Å². The fraction of sp³-hybridized carbons (Fsp3) is 0.200. The Morgan fingerprint density at radius 2 is 2.27 bits per heavy atom. The van der Waals surface area contributed by atoms with Gasteiger partial charge in [-0.15, -0.1) is 0 Å². The number of ether oxygens (including phenoxy) is 1. The van der Waals surface area contributed by atoms with Crippen molar-refractivity contribution in [3.05, 3.63) is 23.3 Å². The molecule has 0 heterocycles. The maximum Gasteiger partial charge on any atom is 0.339 e. The van der Waals surface area contributed by atoms with E-state index in [-0.39, 0.29) is 5.56 Å². The van der Waals surface area contributed by atoms with Gasteiger partial charge in [0, 0.05) is 4.90 Å². The summed E-state index contributed by atoms with van der Waals surface area (Å²) in [5.74, 6) is -0.756. The molecule has 0 amide bonds. The van der Waals surface area contributed by atoms with E-state index in [1.807, 2.05) is 5.40 Å². The smallest absolute Gasteiger partial charge is 0.339 e. The fourth-order valence-electron chi connectivity index (χ4n) is 1.16. The van der Waals surface area contributed by atoms with Gasteiger partial charge in [0.2, 0.25) is 0 Å². The third-order valence-electron chi connectivity index (χ3n) is 1.88. The number of carboxylic acid groups (broad SMARTS) is 1. The molecule has 0 unspecified atom stereocenters. The van der Waals surface area contributed by atoms with Crippen molar-refractivity contribution >= 4 is 17.7 Å². The molecule has 1 aromatic carbocycles. The minimum absolute atomic E-state index is 0.0702. The number of thiocyanates is 1. The van der Waals surface area contributed by atoms with Crippen molar-refractivity contribution in [2.75, 3.05) is 7.11 Å². The van der Waals surface area contributed by atoms with Crippen LogP contribution in [-0.4, -0.2) is 18.2 Å². The molecule has 0 bridgehead atoms. The summed E-state index contributed by atoms with van der Waals surface area (Å²) in [6.45, 7) is 1.80. The van der Waals surface area contributed by atoms with Gasteiger partial charge in [0.05, 0.1) is 7.11 Å². The van der Waals surface area contributed by atoms with Crippen LogP contribution in [0.3, 0.4) is 0 Å². The first-order valence-corrected chi connectivity index (χ1v) is 4.89. The molecule has 0 saturated heterocycles. The number of hydrogen-bond acceptors (Lipinski definition) is 4. The molecule has 5 heteroatoms. The van der Waals surface area contributed by atoms with Gasteiger partial charge in [-0.1, -0.05) is 0 Å². The second-order valence-corrected chi connectivity index (χ2v) is 3.64. The van der Waals surface area contributed by atoms with Gasteiger partial charge < -0.3 is 9.84 Å². The van der Waals surface area contributed by atoms with Crippen LogP contribution in [0.2, 0.25) is 0 Å². The third-order valence-corrected chi connectivity index (χ3v) is 2.63. The zero-order valence-electron chi connectivity index (χ0n) is 8.27. The Balaban J connectivity index is 3.31. The van der Waals surface area contributed by atoms with Crippen molar-refractivity contribution in [2.45, 2.75) is 11.8 Å². The molecule has 0 aliphatic heterocycles. The van der Waals surface area contributed by atoms with E-state index in [9.17, 15) is 4.79 Å². The molecule has 0 radical (unpaired) electrons. The molecule has 15 heavy (non-hydrogen) atoms. The number of aromatic carboxylic acids is 1. The summed E-state index contributed by atoms with van der Waals surface area (Å²) in [5.41, 5.74) is 0.893. The topological polar surface area (TPSA) is 70.3 Å². The number of aryl methyl sites for hydroxylation is 1. The lowest BCUT2D eigenvalue weighted by atomic mass is 10.1. The summed E-state index contributed by atoms with van der Waals surface area (Å²) in [4.78, 5) is 11.5. The highest BCUT2D eigenvalue weighted by Gasteiger charge is 2.14. The molecular weight excluding hydrogens is 214 g/mol. The van der Waals surface area contributed by atoms with Crippen LogP contribution in [0.5, 0.6) is 5.75 Å². The summed E-state index contributed by atoms with van der Waals surface area (Å²) in [7, 11) is 1.42. The van der Waals surface area contributed by atoms with Crippen molar-refractivity contribution in [3.63, 3.8) is 0 Å². The van der Waals surface area contributed by atoms with Gasteiger partial charge in [-0.2, -0.15) is 5.26 Å². The zero-order chi connectivity index (χ0) is 11.4. The minimum atomic E-state index is -1.06. The molecule has 0 fully saturated rings. The van der Waals surface area contributed by atoms with Crippen molar-refractivity contribution in [1.29, 1.82) is 5.26 Å². The van der Waals surface area contributed by atoms with Gasteiger partial charge in [-0.25, -0.2) is 4.79 Å². The van der Waals surface area contributed by atoms with Crippen LogP contribution >= 0.6 is 11.8 Å². The first kappa shape index (κ1) is 11.4. The van der Waals surface area contributed by atoms with Crippen LogP contribution in [0.25, 0.3) is 0 Å². The van der Waals surface area contributed by atoms with E-state index in [4.69, 9.17) is 15.1 Å². The predicted octanol–water partition coefficient (Wildman–Crippen LogP) is 2.27. The van der Waals surface area contributed by atoms with Crippen molar-refractivity contribution in [2.24, 2.45) is 0 Å². The highest BCUT2D eigenvalue weighted by molar-refractivity contribution is 8.03. The maximum absolute atomic E-state index is 10.9. The summed E-state index contributed by atoms with van der Waals surface area (Å²) < 4.78 is 4.95. The van der Waals surface area contributed by atoms with E-state index in [1.165, 1.54) is 13.2 Å². The Morgan fingerprint density at radius 1 is 1.60 bits per heavy atom. The van der Waals surface area contributed by atoms with Gasteiger partial charge in [-0.05, 0) is 36.4 Å². The van der Waals surface area contributed by atoms with Gasteiger partial charge in [0.1, 0.15) is 16.7 Å². The quantitative estimate of drug-likeness (QED) is 0.628. The normalized spacial score (nSPS) is 9.40. The Morgan fingerprint density at radius 3 is 2.73 bits per heavy atom. The van der Waals surface area contributed by atoms with E-state index in [0.29, 0.717) is 10.6 Å². The molecule has 4 nitrogen and oxygen atoms in total. The van der Waals surface area contributed by atoms with Crippen LogP contribution in [0, 0.1) is 17.6 Å². The fourth-order valence-corrected chi connectivity index (χ4v) is 1.65. The number of hydrogen-bond donors (Lipinski definition) is 1. The summed E-state index contributed by atoms with van der Waals surface area (Å²) in [5, 5.41) is 19.4. The standard InChI is InChI=1S/C10H9NO3S/c1-6-3-8(14-2)7(10(12)13)4-9(6)15-5-11/h3-4H,1-2H3,(H,12,13). The molecule has 0 spiro atoms. The molecule has 0 atom stereocenters. The Hall–Kier alpha value is -1.67. The first-order valence-electron chi connectivity index (χ1n) is 4.08. The average Bonchev–Trinajstić information content (AvgIpc) is 2.20. The van der Waals surface area contributed by atoms with Crippen LogP contribution < -0.4 is 4.74 Å². The van der Waals surface area contributed by atoms with Crippen LogP contribution in [0.4, 0.5) is 0 Å². The van der Waals surface area contributed by atoms with Gasteiger partial charge in [0.25, 0.3) is 0 Å². The molecule has 1 rings (SSSR count). The highest BCUT2D eigenvalue weighted by atomic mass is 32.2. The minimum Gasteiger partial charge on any atom is -0.496 e. The lowest BCUT2D eigenvalue weighted by molar-refractivity contribution is 0.0693.